The molecule has 4 heteroatoms. The van der Waals surface area contributed by atoms with E-state index in [2.05, 4.69) is 24.8 Å². The van der Waals surface area contributed by atoms with Gasteiger partial charge in [-0.05, 0) is 25.8 Å². The molecule has 22 heavy (non-hydrogen) atoms. The predicted octanol–water partition coefficient (Wildman–Crippen LogP) is 3.64. The van der Waals surface area contributed by atoms with Crippen molar-refractivity contribution in [1.29, 1.82) is 5.26 Å². The second-order valence-electron chi connectivity index (χ2n) is 5.38. The van der Waals surface area contributed by atoms with Gasteiger partial charge in [0.1, 0.15) is 6.07 Å². The standard InChI is InChI=1S/C18H24N2O2/c1-5-20(6-2)17-10-8-7-9-16(17)15(12-19)11-18(21)22-13-14(3)4/h7-11,14H,5-6,13H2,1-4H3. The predicted molar refractivity (Wildman–Crippen MR) is 89.4 cm³/mol. The van der Waals surface area contributed by atoms with Gasteiger partial charge < -0.3 is 9.64 Å². The number of rotatable bonds is 7. The molecule has 0 bridgehead atoms. The highest BCUT2D eigenvalue weighted by Gasteiger charge is 2.13. The molecule has 0 aromatic heterocycles. The SMILES string of the molecule is CCN(CC)c1ccccc1C(C#N)=CC(=O)OCC(C)C. The zero-order valence-corrected chi connectivity index (χ0v) is 13.8. The number of nitriles is 1. The molecule has 0 saturated heterocycles. The molecule has 0 spiro atoms. The first-order valence-corrected chi connectivity index (χ1v) is 7.66. The molecule has 1 aromatic rings. The van der Waals surface area contributed by atoms with Gasteiger partial charge in [0.05, 0.1) is 12.2 Å². The van der Waals surface area contributed by atoms with Gasteiger partial charge in [-0.2, -0.15) is 5.26 Å². The van der Waals surface area contributed by atoms with Gasteiger partial charge >= 0.3 is 5.97 Å². The molecule has 0 fully saturated rings. The Morgan fingerprint density at radius 1 is 1.32 bits per heavy atom. The maximum absolute atomic E-state index is 11.8. The minimum Gasteiger partial charge on any atom is -0.462 e. The van der Waals surface area contributed by atoms with E-state index in [1.807, 2.05) is 38.1 Å². The molecule has 0 amide bonds. The van der Waals surface area contributed by atoms with Gasteiger partial charge in [-0.1, -0.05) is 32.0 Å². The lowest BCUT2D eigenvalue weighted by Crippen LogP contribution is -2.23. The van der Waals surface area contributed by atoms with E-state index in [0.717, 1.165) is 24.3 Å². The van der Waals surface area contributed by atoms with Gasteiger partial charge in [-0.15, -0.1) is 0 Å². The van der Waals surface area contributed by atoms with Gasteiger partial charge in [-0.25, -0.2) is 4.79 Å². The van der Waals surface area contributed by atoms with Crippen LogP contribution in [-0.2, 0) is 9.53 Å². The summed E-state index contributed by atoms with van der Waals surface area (Å²) in [5.74, 6) is -0.203. The summed E-state index contributed by atoms with van der Waals surface area (Å²) in [7, 11) is 0. The highest BCUT2D eigenvalue weighted by Crippen LogP contribution is 2.26. The van der Waals surface area contributed by atoms with Crippen molar-refractivity contribution in [3.63, 3.8) is 0 Å². The number of carbonyl (C=O) groups is 1. The van der Waals surface area contributed by atoms with Crippen LogP contribution in [0.2, 0.25) is 0 Å². The third-order valence-electron chi connectivity index (χ3n) is 3.24. The van der Waals surface area contributed by atoms with E-state index in [9.17, 15) is 10.1 Å². The van der Waals surface area contributed by atoms with E-state index in [1.165, 1.54) is 6.08 Å². The van der Waals surface area contributed by atoms with Crippen molar-refractivity contribution in [1.82, 2.24) is 0 Å². The summed E-state index contributed by atoms with van der Waals surface area (Å²) < 4.78 is 5.13. The van der Waals surface area contributed by atoms with Crippen LogP contribution in [-0.4, -0.2) is 25.7 Å². The molecule has 0 N–H and O–H groups in total. The second-order valence-corrected chi connectivity index (χ2v) is 5.38. The van der Waals surface area contributed by atoms with Gasteiger partial charge in [0.15, 0.2) is 0 Å². The number of carbonyl (C=O) groups excluding carboxylic acids is 1. The monoisotopic (exact) mass is 300 g/mol. The van der Waals surface area contributed by atoms with Crippen molar-refractivity contribution in [3.8, 4) is 6.07 Å². The van der Waals surface area contributed by atoms with Crippen molar-refractivity contribution >= 4 is 17.2 Å². The molecule has 0 aliphatic rings. The molecule has 0 atom stereocenters. The molecular weight excluding hydrogens is 276 g/mol. The fourth-order valence-corrected chi connectivity index (χ4v) is 2.12. The number of hydrogen-bond acceptors (Lipinski definition) is 4. The summed E-state index contributed by atoms with van der Waals surface area (Å²) in [4.78, 5) is 14.0. The van der Waals surface area contributed by atoms with E-state index >= 15 is 0 Å². The van der Waals surface area contributed by atoms with Crippen LogP contribution in [0.25, 0.3) is 5.57 Å². The number of ether oxygens (including phenoxy) is 1. The molecule has 0 saturated carbocycles. The molecule has 0 aliphatic carbocycles. The molecular formula is C18H24N2O2. The number of benzene rings is 1. The Morgan fingerprint density at radius 2 is 1.95 bits per heavy atom. The number of anilines is 1. The number of allylic oxidation sites excluding steroid dienone is 1. The molecule has 118 valence electrons. The maximum atomic E-state index is 11.8. The molecule has 0 radical (unpaired) electrons. The van der Waals surface area contributed by atoms with Crippen molar-refractivity contribution in [3.05, 3.63) is 35.9 Å². The minimum absolute atomic E-state index is 0.269. The van der Waals surface area contributed by atoms with Gasteiger partial charge in [0.25, 0.3) is 0 Å². The van der Waals surface area contributed by atoms with Crippen molar-refractivity contribution < 1.29 is 9.53 Å². The first kappa shape index (κ1) is 17.8. The quantitative estimate of drug-likeness (QED) is 0.438. The lowest BCUT2D eigenvalue weighted by atomic mass is 10.0. The van der Waals surface area contributed by atoms with Gasteiger partial charge in [-0.3, -0.25) is 0 Å². The van der Waals surface area contributed by atoms with Crippen LogP contribution in [0, 0.1) is 17.2 Å². The third-order valence-corrected chi connectivity index (χ3v) is 3.24. The zero-order valence-electron chi connectivity index (χ0n) is 13.8. The summed E-state index contributed by atoms with van der Waals surface area (Å²) in [5.41, 5.74) is 2.04. The van der Waals surface area contributed by atoms with E-state index in [1.54, 1.807) is 0 Å². The highest BCUT2D eigenvalue weighted by atomic mass is 16.5. The molecule has 4 nitrogen and oxygen atoms in total. The van der Waals surface area contributed by atoms with Crippen LogP contribution >= 0.6 is 0 Å². The lowest BCUT2D eigenvalue weighted by molar-refractivity contribution is -0.138. The topological polar surface area (TPSA) is 53.3 Å². The second kappa shape index (κ2) is 8.89. The van der Waals surface area contributed by atoms with Crippen molar-refractivity contribution in [2.24, 2.45) is 5.92 Å². The molecule has 0 heterocycles. The van der Waals surface area contributed by atoms with E-state index in [0.29, 0.717) is 12.2 Å². The first-order chi connectivity index (χ1) is 10.5. The van der Waals surface area contributed by atoms with E-state index in [4.69, 9.17) is 4.74 Å². The average Bonchev–Trinajstić information content (AvgIpc) is 2.52. The lowest BCUT2D eigenvalue weighted by Gasteiger charge is -2.23. The van der Waals surface area contributed by atoms with Crippen LogP contribution in [0.15, 0.2) is 30.3 Å². The van der Waals surface area contributed by atoms with Crippen LogP contribution in [0.1, 0.15) is 33.3 Å². The Balaban J connectivity index is 3.10. The number of para-hydroxylation sites is 1. The van der Waals surface area contributed by atoms with Crippen LogP contribution in [0.3, 0.4) is 0 Å². The Labute approximate surface area is 133 Å². The normalized spacial score (nSPS) is 11.2. The Kier molecular flexibility index (Phi) is 7.18. The fraction of sp³-hybridized carbons (Fsp3) is 0.444. The molecule has 1 aromatic carbocycles. The number of esters is 1. The van der Waals surface area contributed by atoms with Crippen molar-refractivity contribution in [2.75, 3.05) is 24.6 Å². The van der Waals surface area contributed by atoms with Crippen LogP contribution in [0.5, 0.6) is 0 Å². The highest BCUT2D eigenvalue weighted by molar-refractivity contribution is 5.97. The molecule has 0 aliphatic heterocycles. The minimum atomic E-state index is -0.473. The summed E-state index contributed by atoms with van der Waals surface area (Å²) in [6, 6.07) is 9.74. The van der Waals surface area contributed by atoms with Crippen molar-refractivity contribution in [2.45, 2.75) is 27.7 Å². The fourth-order valence-electron chi connectivity index (χ4n) is 2.12. The molecule has 1 rings (SSSR count). The van der Waals surface area contributed by atoms with Crippen LogP contribution in [0.4, 0.5) is 5.69 Å². The molecule has 0 unspecified atom stereocenters. The van der Waals surface area contributed by atoms with E-state index in [-0.39, 0.29) is 5.92 Å². The summed E-state index contributed by atoms with van der Waals surface area (Å²) in [5, 5.41) is 9.41. The van der Waals surface area contributed by atoms with Crippen LogP contribution < -0.4 is 4.90 Å². The van der Waals surface area contributed by atoms with Gasteiger partial charge in [0.2, 0.25) is 0 Å². The number of hydrogen-bond donors (Lipinski definition) is 0. The average molecular weight is 300 g/mol. The van der Waals surface area contributed by atoms with E-state index < -0.39 is 5.97 Å². The Bertz CT molecular complexity index is 567. The maximum Gasteiger partial charge on any atom is 0.332 e. The Morgan fingerprint density at radius 3 is 2.50 bits per heavy atom. The summed E-state index contributed by atoms with van der Waals surface area (Å²) in [6.45, 7) is 10.1. The third kappa shape index (κ3) is 4.92. The number of nitrogens with zero attached hydrogens (tertiary/aromatic N) is 2. The smallest absolute Gasteiger partial charge is 0.332 e. The first-order valence-electron chi connectivity index (χ1n) is 7.66. The Hall–Kier alpha value is -2.28. The van der Waals surface area contributed by atoms with Gasteiger partial charge in [0, 0.05) is 30.4 Å². The summed E-state index contributed by atoms with van der Waals surface area (Å²) in [6.07, 6.45) is 1.28. The summed E-state index contributed by atoms with van der Waals surface area (Å²) >= 11 is 0. The zero-order chi connectivity index (χ0) is 16.5. The largest absolute Gasteiger partial charge is 0.462 e.